The molecule has 0 aliphatic heterocycles. The second-order valence-electron chi connectivity index (χ2n) is 4.97. The van der Waals surface area contributed by atoms with Crippen LogP contribution in [0.4, 0.5) is 0 Å². The van der Waals surface area contributed by atoms with Crippen LogP contribution in [0.1, 0.15) is 11.1 Å². The van der Waals surface area contributed by atoms with Crippen molar-refractivity contribution in [2.45, 2.75) is 17.2 Å². The zero-order valence-corrected chi connectivity index (χ0v) is 12.5. The molecule has 21 heavy (non-hydrogen) atoms. The fourth-order valence-corrected chi connectivity index (χ4v) is 3.64. The van der Waals surface area contributed by atoms with Gasteiger partial charge in [-0.15, -0.1) is 0 Å². The molecule has 0 aromatic heterocycles. The van der Waals surface area contributed by atoms with Crippen LogP contribution in [0.15, 0.2) is 71.6 Å². The van der Waals surface area contributed by atoms with Gasteiger partial charge in [-0.05, 0) is 34.0 Å². The van der Waals surface area contributed by atoms with Crippen LogP contribution in [0.3, 0.4) is 0 Å². The molecule has 0 radical (unpaired) electrons. The lowest BCUT2D eigenvalue weighted by Crippen LogP contribution is -2.04. The minimum atomic E-state index is -1.06. The summed E-state index contributed by atoms with van der Waals surface area (Å²) in [4.78, 5) is 0.862. The summed E-state index contributed by atoms with van der Waals surface area (Å²) in [6.07, 6.45) is 0. The highest BCUT2D eigenvalue weighted by Crippen LogP contribution is 2.20. The molecule has 3 aromatic carbocycles. The molecular weight excluding hydrogens is 278 g/mol. The van der Waals surface area contributed by atoms with E-state index in [1.165, 1.54) is 5.39 Å². The molecule has 0 bridgehead atoms. The van der Waals surface area contributed by atoms with Crippen LogP contribution < -0.4 is 5.73 Å². The monoisotopic (exact) mass is 295 g/mol. The number of nitrogens with two attached hydrogens (primary N) is 1. The second kappa shape index (κ2) is 6.20. The molecule has 0 heterocycles. The molecule has 0 saturated heterocycles. The fourth-order valence-electron chi connectivity index (χ4n) is 2.43. The average molecular weight is 295 g/mol. The van der Waals surface area contributed by atoms with Crippen molar-refractivity contribution in [1.29, 1.82) is 0 Å². The Labute approximate surface area is 127 Å². The Morgan fingerprint density at radius 3 is 2.24 bits per heavy atom. The van der Waals surface area contributed by atoms with E-state index in [-0.39, 0.29) is 0 Å². The van der Waals surface area contributed by atoms with E-state index in [0.29, 0.717) is 12.3 Å². The zero-order valence-electron chi connectivity index (χ0n) is 11.7. The normalized spacial score (nSPS) is 12.4. The Kier molecular flexibility index (Phi) is 4.13. The van der Waals surface area contributed by atoms with E-state index < -0.39 is 10.8 Å². The van der Waals surface area contributed by atoms with E-state index in [2.05, 4.69) is 6.07 Å². The van der Waals surface area contributed by atoms with Crippen molar-refractivity contribution >= 4 is 21.6 Å². The lowest BCUT2D eigenvalue weighted by atomic mass is 10.1. The maximum Gasteiger partial charge on any atom is 0.0574 e. The summed E-state index contributed by atoms with van der Waals surface area (Å²) >= 11 is 0. The van der Waals surface area contributed by atoms with Gasteiger partial charge in [0, 0.05) is 11.4 Å². The minimum Gasteiger partial charge on any atom is -0.326 e. The molecule has 2 nitrogen and oxygen atoms in total. The summed E-state index contributed by atoms with van der Waals surface area (Å²) in [6, 6.07) is 22.0. The average Bonchev–Trinajstić information content (AvgIpc) is 2.55. The molecular formula is C18H17NOS. The summed E-state index contributed by atoms with van der Waals surface area (Å²) < 4.78 is 12.6. The summed E-state index contributed by atoms with van der Waals surface area (Å²) in [7, 11) is -1.06. The van der Waals surface area contributed by atoms with Crippen LogP contribution in [-0.2, 0) is 23.1 Å². The molecule has 1 atom stereocenters. The maximum absolute atomic E-state index is 12.6. The number of fused-ring (bicyclic) bond motifs is 1. The minimum absolute atomic E-state index is 0.477. The molecule has 106 valence electrons. The summed E-state index contributed by atoms with van der Waals surface area (Å²) in [6.45, 7) is 0.477. The number of rotatable bonds is 4. The molecule has 1 unspecified atom stereocenters. The van der Waals surface area contributed by atoms with Gasteiger partial charge in [0.25, 0.3) is 0 Å². The standard InChI is InChI=1S/C18H17NOS/c19-12-16-7-3-4-8-17(16)13-21(20)18-10-9-14-5-1-2-6-15(14)11-18/h1-11H,12-13,19H2. The second-order valence-corrected chi connectivity index (χ2v) is 6.42. The third-order valence-corrected chi connectivity index (χ3v) is 4.96. The Morgan fingerprint density at radius 2 is 1.48 bits per heavy atom. The van der Waals surface area contributed by atoms with E-state index in [1.54, 1.807) is 0 Å². The van der Waals surface area contributed by atoms with Gasteiger partial charge in [-0.2, -0.15) is 0 Å². The number of benzene rings is 3. The molecule has 0 aliphatic carbocycles. The predicted octanol–water partition coefficient (Wildman–Crippen LogP) is 3.61. The first-order valence-corrected chi connectivity index (χ1v) is 8.24. The Morgan fingerprint density at radius 1 is 0.810 bits per heavy atom. The quantitative estimate of drug-likeness (QED) is 0.799. The summed E-state index contributed by atoms with van der Waals surface area (Å²) in [5.41, 5.74) is 7.86. The fraction of sp³-hybridized carbons (Fsp3) is 0.111. The van der Waals surface area contributed by atoms with Crippen LogP contribution in [0.25, 0.3) is 10.8 Å². The predicted molar refractivity (Wildman–Crippen MR) is 88.4 cm³/mol. The molecule has 2 N–H and O–H groups in total. The SMILES string of the molecule is NCc1ccccc1CS(=O)c1ccc2ccccc2c1. The molecule has 0 amide bonds. The van der Waals surface area contributed by atoms with Crippen LogP contribution >= 0.6 is 0 Å². The first-order chi connectivity index (χ1) is 10.3. The highest BCUT2D eigenvalue weighted by Gasteiger charge is 2.08. The smallest absolute Gasteiger partial charge is 0.0574 e. The largest absolute Gasteiger partial charge is 0.326 e. The van der Waals surface area contributed by atoms with Crippen molar-refractivity contribution in [3.8, 4) is 0 Å². The summed E-state index contributed by atoms with van der Waals surface area (Å²) in [5, 5.41) is 2.29. The van der Waals surface area contributed by atoms with Gasteiger partial charge in [-0.3, -0.25) is 4.21 Å². The third kappa shape index (κ3) is 3.04. The van der Waals surface area contributed by atoms with E-state index in [0.717, 1.165) is 21.4 Å². The van der Waals surface area contributed by atoms with Crippen molar-refractivity contribution in [2.75, 3.05) is 0 Å². The van der Waals surface area contributed by atoms with Gasteiger partial charge < -0.3 is 5.73 Å². The molecule has 0 fully saturated rings. The van der Waals surface area contributed by atoms with Crippen molar-refractivity contribution in [1.82, 2.24) is 0 Å². The van der Waals surface area contributed by atoms with Gasteiger partial charge in [0.05, 0.1) is 16.6 Å². The molecule has 3 rings (SSSR count). The van der Waals surface area contributed by atoms with Gasteiger partial charge in [-0.1, -0.05) is 54.6 Å². The lowest BCUT2D eigenvalue weighted by molar-refractivity contribution is 0.682. The number of hydrogen-bond donors (Lipinski definition) is 1. The van der Waals surface area contributed by atoms with Gasteiger partial charge in [0.2, 0.25) is 0 Å². The summed E-state index contributed by atoms with van der Waals surface area (Å²) in [5.74, 6) is 0.506. The Hall–Kier alpha value is -1.97. The van der Waals surface area contributed by atoms with Gasteiger partial charge in [-0.25, -0.2) is 0 Å². The lowest BCUT2D eigenvalue weighted by Gasteiger charge is -2.08. The maximum atomic E-state index is 12.6. The molecule has 0 saturated carbocycles. The van der Waals surface area contributed by atoms with E-state index in [4.69, 9.17) is 5.73 Å². The molecule has 0 aliphatic rings. The molecule has 3 aromatic rings. The van der Waals surface area contributed by atoms with Crippen LogP contribution in [0.2, 0.25) is 0 Å². The highest BCUT2D eigenvalue weighted by atomic mass is 32.2. The first-order valence-electron chi connectivity index (χ1n) is 6.92. The van der Waals surface area contributed by atoms with Gasteiger partial charge >= 0.3 is 0 Å². The van der Waals surface area contributed by atoms with E-state index >= 15 is 0 Å². The van der Waals surface area contributed by atoms with E-state index in [9.17, 15) is 4.21 Å². The Bertz CT molecular complexity index is 798. The third-order valence-electron chi connectivity index (χ3n) is 3.61. The number of hydrogen-bond acceptors (Lipinski definition) is 2. The molecule has 3 heteroatoms. The van der Waals surface area contributed by atoms with Crippen LogP contribution in [-0.4, -0.2) is 4.21 Å². The zero-order chi connectivity index (χ0) is 14.7. The molecule has 0 spiro atoms. The van der Waals surface area contributed by atoms with Crippen molar-refractivity contribution in [3.05, 3.63) is 77.9 Å². The van der Waals surface area contributed by atoms with E-state index in [1.807, 2.05) is 60.7 Å². The Balaban J connectivity index is 1.90. The van der Waals surface area contributed by atoms with Crippen LogP contribution in [0, 0.1) is 0 Å². The highest BCUT2D eigenvalue weighted by molar-refractivity contribution is 7.84. The first kappa shape index (κ1) is 14.0. The van der Waals surface area contributed by atoms with Crippen molar-refractivity contribution < 1.29 is 4.21 Å². The van der Waals surface area contributed by atoms with Gasteiger partial charge in [0.15, 0.2) is 0 Å². The van der Waals surface area contributed by atoms with Crippen molar-refractivity contribution in [2.24, 2.45) is 5.73 Å². The topological polar surface area (TPSA) is 43.1 Å². The van der Waals surface area contributed by atoms with Crippen LogP contribution in [0.5, 0.6) is 0 Å². The van der Waals surface area contributed by atoms with Gasteiger partial charge in [0.1, 0.15) is 0 Å². The van der Waals surface area contributed by atoms with Crippen molar-refractivity contribution in [3.63, 3.8) is 0 Å².